The Morgan fingerprint density at radius 3 is 2.43 bits per heavy atom. The number of aromatic nitrogens is 1. The molecule has 1 N–H and O–H groups in total. The maximum atomic E-state index is 13.2. The summed E-state index contributed by atoms with van der Waals surface area (Å²) in [5.41, 5.74) is 1.73. The first-order valence-corrected chi connectivity index (χ1v) is 9.26. The molecule has 0 fully saturated rings. The van der Waals surface area contributed by atoms with Gasteiger partial charge in [-0.2, -0.15) is 10.2 Å². The zero-order chi connectivity index (χ0) is 21.7. The van der Waals surface area contributed by atoms with E-state index in [2.05, 4.69) is 10.3 Å². The van der Waals surface area contributed by atoms with Crippen LogP contribution < -0.4 is 14.8 Å². The first-order valence-electron chi connectivity index (χ1n) is 9.26. The molecule has 30 heavy (non-hydrogen) atoms. The van der Waals surface area contributed by atoms with Crippen LogP contribution in [0, 0.1) is 17.1 Å². The lowest BCUT2D eigenvalue weighted by Gasteiger charge is -2.25. The van der Waals surface area contributed by atoms with Gasteiger partial charge in [0.05, 0.1) is 20.3 Å². The van der Waals surface area contributed by atoms with Crippen molar-refractivity contribution in [3.63, 3.8) is 0 Å². The molecule has 0 aliphatic carbocycles. The fraction of sp³-hybridized carbons (Fsp3) is 0.273. The Balaban J connectivity index is 1.83. The number of hydrogen-bond acceptors (Lipinski definition) is 7. The maximum absolute atomic E-state index is 13.2. The number of nitrogens with zero attached hydrogens (tertiary/aromatic N) is 3. The van der Waals surface area contributed by atoms with E-state index in [1.165, 1.54) is 12.1 Å². The van der Waals surface area contributed by atoms with Gasteiger partial charge >= 0.3 is 0 Å². The van der Waals surface area contributed by atoms with Gasteiger partial charge in [0, 0.05) is 12.1 Å². The molecule has 0 radical (unpaired) electrons. The molecule has 3 aromatic rings. The molecule has 1 unspecified atom stereocenters. The lowest BCUT2D eigenvalue weighted by molar-refractivity contribution is 0.307. The number of halogens is 1. The second kappa shape index (κ2) is 9.29. The molecule has 0 aliphatic rings. The molecular weight excluding hydrogens is 387 g/mol. The average molecular weight is 410 g/mol. The average Bonchev–Trinajstić information content (AvgIpc) is 3.17. The van der Waals surface area contributed by atoms with Crippen LogP contribution in [0.3, 0.4) is 0 Å². The third kappa shape index (κ3) is 4.53. The van der Waals surface area contributed by atoms with Gasteiger partial charge in [0.15, 0.2) is 11.5 Å². The van der Waals surface area contributed by atoms with Gasteiger partial charge in [0.25, 0.3) is 0 Å². The van der Waals surface area contributed by atoms with Crippen molar-refractivity contribution in [3.05, 3.63) is 59.5 Å². The van der Waals surface area contributed by atoms with Crippen LogP contribution >= 0.6 is 0 Å². The largest absolute Gasteiger partial charge is 0.493 e. The van der Waals surface area contributed by atoms with Gasteiger partial charge in [-0.3, -0.25) is 0 Å². The van der Waals surface area contributed by atoms with E-state index in [1.807, 2.05) is 43.3 Å². The van der Waals surface area contributed by atoms with Crippen LogP contribution in [-0.4, -0.2) is 44.7 Å². The van der Waals surface area contributed by atoms with Crippen LogP contribution in [0.2, 0.25) is 0 Å². The summed E-state index contributed by atoms with van der Waals surface area (Å²) in [7, 11) is 7.10. The third-order valence-corrected chi connectivity index (χ3v) is 4.70. The number of nitriles is 1. The fourth-order valence-electron chi connectivity index (χ4n) is 3.08. The van der Waals surface area contributed by atoms with E-state index in [1.54, 1.807) is 26.4 Å². The number of benzene rings is 2. The minimum absolute atomic E-state index is 0.0456. The van der Waals surface area contributed by atoms with E-state index in [4.69, 9.17) is 13.9 Å². The summed E-state index contributed by atoms with van der Waals surface area (Å²) in [5, 5.41) is 12.6. The van der Waals surface area contributed by atoms with Gasteiger partial charge < -0.3 is 24.1 Å². The molecule has 7 nitrogen and oxygen atoms in total. The molecule has 0 bridgehead atoms. The second-order valence-corrected chi connectivity index (χ2v) is 6.79. The standard InChI is InChI=1S/C22H23FN4O3/c1-27(2)18(15-7-10-19(28-3)20(11-15)29-4)13-25-22-17(12-24)26-21(30-22)14-5-8-16(23)9-6-14/h5-11,18,25H,13H2,1-4H3. The van der Waals surface area contributed by atoms with Crippen LogP contribution in [0.15, 0.2) is 46.9 Å². The molecule has 2 aromatic carbocycles. The summed E-state index contributed by atoms with van der Waals surface area (Å²) in [4.78, 5) is 6.25. The van der Waals surface area contributed by atoms with Gasteiger partial charge in [-0.15, -0.1) is 0 Å². The first kappa shape index (κ1) is 21.1. The van der Waals surface area contributed by atoms with E-state index < -0.39 is 0 Å². The monoisotopic (exact) mass is 410 g/mol. The lowest BCUT2D eigenvalue weighted by Crippen LogP contribution is -2.27. The molecule has 0 spiro atoms. The minimum Gasteiger partial charge on any atom is -0.493 e. The molecule has 8 heteroatoms. The van der Waals surface area contributed by atoms with Gasteiger partial charge in [-0.1, -0.05) is 6.07 Å². The van der Waals surface area contributed by atoms with Crippen LogP contribution in [0.5, 0.6) is 11.5 Å². The number of hydrogen-bond donors (Lipinski definition) is 1. The SMILES string of the molecule is COc1ccc(C(CNc2oc(-c3ccc(F)cc3)nc2C#N)N(C)C)cc1OC. The second-order valence-electron chi connectivity index (χ2n) is 6.79. The number of ether oxygens (including phenoxy) is 2. The summed E-state index contributed by atoms with van der Waals surface area (Å²) in [6.45, 7) is 0.454. The topological polar surface area (TPSA) is 83.5 Å². The number of oxazole rings is 1. The lowest BCUT2D eigenvalue weighted by atomic mass is 10.1. The Morgan fingerprint density at radius 2 is 1.83 bits per heavy atom. The Labute approximate surface area is 174 Å². The molecule has 0 saturated carbocycles. The van der Waals surface area contributed by atoms with E-state index in [9.17, 15) is 9.65 Å². The van der Waals surface area contributed by atoms with Gasteiger partial charge in [-0.05, 0) is 56.1 Å². The number of nitrogens with one attached hydrogen (secondary N) is 1. The predicted molar refractivity (Wildman–Crippen MR) is 111 cm³/mol. The summed E-state index contributed by atoms with van der Waals surface area (Å²) >= 11 is 0. The highest BCUT2D eigenvalue weighted by Crippen LogP contribution is 2.32. The molecule has 1 aromatic heterocycles. The summed E-state index contributed by atoms with van der Waals surface area (Å²) in [5.74, 6) is 1.45. The molecule has 1 heterocycles. The molecule has 0 aliphatic heterocycles. The van der Waals surface area contributed by atoms with Crippen molar-refractivity contribution in [2.45, 2.75) is 6.04 Å². The highest BCUT2D eigenvalue weighted by Gasteiger charge is 2.20. The van der Waals surface area contributed by atoms with Crippen molar-refractivity contribution in [3.8, 4) is 29.0 Å². The molecule has 0 saturated heterocycles. The third-order valence-electron chi connectivity index (χ3n) is 4.70. The predicted octanol–water partition coefficient (Wildman–Crippen LogP) is 4.08. The fourth-order valence-corrected chi connectivity index (χ4v) is 3.08. The molecular formula is C22H23FN4O3. The van der Waals surface area contributed by atoms with Gasteiger partial charge in [0.2, 0.25) is 17.5 Å². The van der Waals surface area contributed by atoms with Crippen LogP contribution in [0.25, 0.3) is 11.5 Å². The normalized spacial score (nSPS) is 11.8. The quantitative estimate of drug-likeness (QED) is 0.599. The van der Waals surface area contributed by atoms with E-state index in [0.717, 1.165) is 5.56 Å². The van der Waals surface area contributed by atoms with Crippen LogP contribution in [0.4, 0.5) is 10.3 Å². The Bertz CT molecular complexity index is 1040. The van der Waals surface area contributed by atoms with Crippen LogP contribution in [-0.2, 0) is 0 Å². The highest BCUT2D eigenvalue weighted by atomic mass is 19.1. The van der Waals surface area contributed by atoms with Gasteiger partial charge in [0.1, 0.15) is 11.9 Å². The number of anilines is 1. The zero-order valence-electron chi connectivity index (χ0n) is 17.3. The molecule has 156 valence electrons. The summed E-state index contributed by atoms with van der Waals surface area (Å²) in [6, 6.07) is 13.5. The van der Waals surface area contributed by atoms with Crippen molar-refractivity contribution >= 4 is 5.88 Å². The van der Waals surface area contributed by atoms with Gasteiger partial charge in [-0.25, -0.2) is 4.39 Å². The first-order chi connectivity index (χ1) is 14.5. The number of rotatable bonds is 8. The maximum Gasteiger partial charge on any atom is 0.232 e. The molecule has 3 rings (SSSR count). The van der Waals surface area contributed by atoms with E-state index in [-0.39, 0.29) is 29.3 Å². The number of methoxy groups -OCH3 is 2. The van der Waals surface area contributed by atoms with Crippen molar-refractivity contribution < 1.29 is 18.3 Å². The van der Waals surface area contributed by atoms with Crippen molar-refractivity contribution in [2.24, 2.45) is 0 Å². The van der Waals surface area contributed by atoms with Crippen molar-refractivity contribution in [2.75, 3.05) is 40.2 Å². The smallest absolute Gasteiger partial charge is 0.232 e. The van der Waals surface area contributed by atoms with Crippen molar-refractivity contribution in [1.29, 1.82) is 5.26 Å². The Hall–Kier alpha value is -3.57. The van der Waals surface area contributed by atoms with E-state index in [0.29, 0.717) is 23.6 Å². The summed E-state index contributed by atoms with van der Waals surface area (Å²) < 4.78 is 29.6. The Kier molecular flexibility index (Phi) is 6.54. The molecule has 0 amide bonds. The number of likely N-dealkylation sites (N-methyl/N-ethyl adjacent to an activating group) is 1. The highest BCUT2D eigenvalue weighted by molar-refractivity contribution is 5.58. The van der Waals surface area contributed by atoms with E-state index >= 15 is 0 Å². The molecule has 1 atom stereocenters. The van der Waals surface area contributed by atoms with Crippen molar-refractivity contribution in [1.82, 2.24) is 9.88 Å². The van der Waals surface area contributed by atoms with Crippen LogP contribution in [0.1, 0.15) is 17.3 Å². The summed E-state index contributed by atoms with van der Waals surface area (Å²) in [6.07, 6.45) is 0. The Morgan fingerprint density at radius 1 is 1.13 bits per heavy atom. The minimum atomic E-state index is -0.354. The zero-order valence-corrected chi connectivity index (χ0v) is 17.3.